The van der Waals surface area contributed by atoms with Crippen molar-refractivity contribution in [3.63, 3.8) is 0 Å². The fourth-order valence-electron chi connectivity index (χ4n) is 2.03. The van der Waals surface area contributed by atoms with Crippen molar-refractivity contribution in [3.05, 3.63) is 39.1 Å². The maximum Gasteiger partial charge on any atom is 0.0710 e. The molecule has 0 radical (unpaired) electrons. The molecule has 0 spiro atoms. The molecule has 0 N–H and O–H groups in total. The maximum atomic E-state index is 4.54. The second kappa shape index (κ2) is 4.57. The van der Waals surface area contributed by atoms with Gasteiger partial charge in [-0.15, -0.1) is 0 Å². The molecule has 0 atom stereocenters. The Hall–Kier alpha value is -0.840. The molecule has 0 saturated carbocycles. The predicted octanol–water partition coefficient (Wildman–Crippen LogP) is 3.56. The molecule has 0 aliphatic heterocycles. The molecule has 1 aromatic carbocycles. The van der Waals surface area contributed by atoms with Crippen molar-refractivity contribution in [2.45, 2.75) is 20.3 Å². The lowest BCUT2D eigenvalue weighted by Crippen LogP contribution is -1.94. The Kier molecular flexibility index (Phi) is 3.33. The van der Waals surface area contributed by atoms with Gasteiger partial charge in [-0.2, -0.15) is 5.10 Å². The van der Waals surface area contributed by atoms with E-state index < -0.39 is 0 Å². The molecule has 3 heteroatoms. The number of hydrogen-bond donors (Lipinski definition) is 0. The Bertz CT molecular complexity index is 497. The average Bonchev–Trinajstić information content (AvgIpc) is 2.56. The summed E-state index contributed by atoms with van der Waals surface area (Å²) in [6.07, 6.45) is 0.990. The van der Waals surface area contributed by atoms with E-state index in [4.69, 9.17) is 0 Å². The number of rotatable bonds is 2. The van der Waals surface area contributed by atoms with Gasteiger partial charge in [-0.05, 0) is 53.6 Å². The summed E-state index contributed by atoms with van der Waals surface area (Å²) in [7, 11) is 2.01. The molecule has 2 aromatic rings. The molecule has 1 heterocycles. The highest BCUT2D eigenvalue weighted by Gasteiger charge is 2.12. The van der Waals surface area contributed by atoms with Crippen LogP contribution in [0.2, 0.25) is 0 Å². The first-order chi connectivity index (χ1) is 7.63. The lowest BCUT2D eigenvalue weighted by atomic mass is 10.1. The van der Waals surface area contributed by atoms with E-state index in [1.807, 2.05) is 11.7 Å². The standard InChI is InChI=1S/C13H15IN2/c1-4-12-9(2)13(16(3)15-12)10-5-7-11(14)8-6-10/h5-8H,4H2,1-3H3. The average molecular weight is 326 g/mol. The van der Waals surface area contributed by atoms with E-state index >= 15 is 0 Å². The maximum absolute atomic E-state index is 4.54. The fourth-order valence-corrected chi connectivity index (χ4v) is 2.39. The topological polar surface area (TPSA) is 17.8 Å². The Morgan fingerprint density at radius 3 is 2.38 bits per heavy atom. The summed E-state index contributed by atoms with van der Waals surface area (Å²) in [6.45, 7) is 4.30. The molecule has 0 amide bonds. The van der Waals surface area contributed by atoms with Gasteiger partial charge in [-0.25, -0.2) is 0 Å². The smallest absolute Gasteiger partial charge is 0.0710 e. The Morgan fingerprint density at radius 1 is 1.25 bits per heavy atom. The van der Waals surface area contributed by atoms with Crippen molar-refractivity contribution in [2.75, 3.05) is 0 Å². The fraction of sp³-hybridized carbons (Fsp3) is 0.308. The molecule has 0 aliphatic carbocycles. The molecule has 2 rings (SSSR count). The van der Waals surface area contributed by atoms with Crippen LogP contribution in [0.3, 0.4) is 0 Å². The first-order valence-electron chi connectivity index (χ1n) is 5.42. The van der Waals surface area contributed by atoms with Gasteiger partial charge in [0, 0.05) is 16.2 Å². The van der Waals surface area contributed by atoms with Crippen LogP contribution in [0.5, 0.6) is 0 Å². The van der Waals surface area contributed by atoms with Crippen LogP contribution in [-0.2, 0) is 13.5 Å². The van der Waals surface area contributed by atoms with Crippen LogP contribution in [0.15, 0.2) is 24.3 Å². The van der Waals surface area contributed by atoms with Gasteiger partial charge >= 0.3 is 0 Å². The lowest BCUT2D eigenvalue weighted by Gasteiger charge is -2.04. The summed E-state index contributed by atoms with van der Waals surface area (Å²) < 4.78 is 3.24. The summed E-state index contributed by atoms with van der Waals surface area (Å²) in [5, 5.41) is 4.54. The number of benzene rings is 1. The van der Waals surface area contributed by atoms with Crippen LogP contribution in [-0.4, -0.2) is 9.78 Å². The molecule has 0 saturated heterocycles. The minimum Gasteiger partial charge on any atom is -0.267 e. The van der Waals surface area contributed by atoms with E-state index in [9.17, 15) is 0 Å². The molecule has 0 bridgehead atoms. The molecular formula is C13H15IN2. The van der Waals surface area contributed by atoms with E-state index in [1.54, 1.807) is 0 Å². The zero-order valence-corrected chi connectivity index (χ0v) is 11.9. The third-order valence-corrected chi connectivity index (χ3v) is 3.55. The third kappa shape index (κ3) is 2.00. The van der Waals surface area contributed by atoms with E-state index in [2.05, 4.69) is 65.8 Å². The quantitative estimate of drug-likeness (QED) is 0.772. The van der Waals surface area contributed by atoms with Crippen molar-refractivity contribution in [1.29, 1.82) is 0 Å². The van der Waals surface area contributed by atoms with E-state index in [-0.39, 0.29) is 0 Å². The normalized spacial score (nSPS) is 10.8. The van der Waals surface area contributed by atoms with E-state index in [0.717, 1.165) is 6.42 Å². The van der Waals surface area contributed by atoms with Crippen LogP contribution in [0, 0.1) is 10.5 Å². The van der Waals surface area contributed by atoms with Crippen LogP contribution >= 0.6 is 22.6 Å². The van der Waals surface area contributed by atoms with Crippen molar-refractivity contribution in [1.82, 2.24) is 9.78 Å². The van der Waals surface area contributed by atoms with Gasteiger partial charge in [0.1, 0.15) is 0 Å². The van der Waals surface area contributed by atoms with Gasteiger partial charge in [0.05, 0.1) is 11.4 Å². The number of aryl methyl sites for hydroxylation is 2. The highest BCUT2D eigenvalue weighted by molar-refractivity contribution is 14.1. The minimum atomic E-state index is 0.990. The van der Waals surface area contributed by atoms with Gasteiger partial charge in [0.2, 0.25) is 0 Å². The lowest BCUT2D eigenvalue weighted by molar-refractivity contribution is 0.753. The van der Waals surface area contributed by atoms with Crippen LogP contribution in [0.25, 0.3) is 11.3 Å². The van der Waals surface area contributed by atoms with Crippen molar-refractivity contribution < 1.29 is 0 Å². The molecule has 2 nitrogen and oxygen atoms in total. The molecule has 16 heavy (non-hydrogen) atoms. The van der Waals surface area contributed by atoms with Gasteiger partial charge < -0.3 is 0 Å². The first kappa shape index (κ1) is 11.6. The van der Waals surface area contributed by atoms with Crippen molar-refractivity contribution >= 4 is 22.6 Å². The summed E-state index contributed by atoms with van der Waals surface area (Å²) in [6, 6.07) is 8.58. The first-order valence-corrected chi connectivity index (χ1v) is 6.49. The number of nitrogens with zero attached hydrogens (tertiary/aromatic N) is 2. The Morgan fingerprint density at radius 2 is 1.88 bits per heavy atom. The van der Waals surface area contributed by atoms with Crippen molar-refractivity contribution in [2.24, 2.45) is 7.05 Å². The van der Waals surface area contributed by atoms with Crippen LogP contribution < -0.4 is 0 Å². The molecule has 0 fully saturated rings. The van der Waals surface area contributed by atoms with E-state index in [0.29, 0.717) is 0 Å². The van der Waals surface area contributed by atoms with Gasteiger partial charge in [0.15, 0.2) is 0 Å². The third-order valence-electron chi connectivity index (χ3n) is 2.83. The molecule has 0 unspecified atom stereocenters. The number of aromatic nitrogens is 2. The second-order valence-corrected chi connectivity index (χ2v) is 5.15. The van der Waals surface area contributed by atoms with Crippen LogP contribution in [0.4, 0.5) is 0 Å². The monoisotopic (exact) mass is 326 g/mol. The SMILES string of the molecule is CCc1nn(C)c(-c2ccc(I)cc2)c1C. The van der Waals surface area contributed by atoms with E-state index in [1.165, 1.54) is 26.1 Å². The summed E-state index contributed by atoms with van der Waals surface area (Å²) in [5.74, 6) is 0. The summed E-state index contributed by atoms with van der Waals surface area (Å²) >= 11 is 2.32. The molecule has 84 valence electrons. The molecular weight excluding hydrogens is 311 g/mol. The predicted molar refractivity (Wildman–Crippen MR) is 75.5 cm³/mol. The minimum absolute atomic E-state index is 0.990. The number of hydrogen-bond acceptors (Lipinski definition) is 1. The highest BCUT2D eigenvalue weighted by Crippen LogP contribution is 2.25. The highest BCUT2D eigenvalue weighted by atomic mass is 127. The molecule has 0 aliphatic rings. The second-order valence-electron chi connectivity index (χ2n) is 3.90. The van der Waals surface area contributed by atoms with Gasteiger partial charge in [0.25, 0.3) is 0 Å². The summed E-state index contributed by atoms with van der Waals surface area (Å²) in [5.41, 5.74) is 4.96. The largest absolute Gasteiger partial charge is 0.267 e. The Labute approximate surface area is 110 Å². The van der Waals surface area contributed by atoms with Crippen molar-refractivity contribution in [3.8, 4) is 11.3 Å². The number of halogens is 1. The zero-order valence-electron chi connectivity index (χ0n) is 9.79. The Balaban J connectivity index is 2.55. The molecule has 1 aromatic heterocycles. The van der Waals surface area contributed by atoms with Crippen LogP contribution in [0.1, 0.15) is 18.2 Å². The van der Waals surface area contributed by atoms with Gasteiger partial charge in [-0.1, -0.05) is 19.1 Å². The zero-order chi connectivity index (χ0) is 11.7. The van der Waals surface area contributed by atoms with Gasteiger partial charge in [-0.3, -0.25) is 4.68 Å². The summed E-state index contributed by atoms with van der Waals surface area (Å²) in [4.78, 5) is 0.